The molecule has 0 radical (unpaired) electrons. The number of allylic oxidation sites excluding steroid dienone is 1. The molecule has 76 heavy (non-hydrogen) atoms. The van der Waals surface area contributed by atoms with Gasteiger partial charge in [-0.25, -0.2) is 0 Å². The molecule has 0 fully saturated rings. The average Bonchev–Trinajstić information content (AvgIpc) is 3.42. The van der Waals surface area contributed by atoms with Crippen LogP contribution in [0.5, 0.6) is 0 Å². The highest BCUT2D eigenvalue weighted by molar-refractivity contribution is 5.76. The number of aliphatic hydroxyl groups is 2. The van der Waals surface area contributed by atoms with Crippen molar-refractivity contribution in [3.63, 3.8) is 0 Å². The summed E-state index contributed by atoms with van der Waals surface area (Å²) in [5, 5.41) is 23.3. The van der Waals surface area contributed by atoms with Crippen LogP contribution < -0.4 is 5.32 Å². The van der Waals surface area contributed by atoms with Gasteiger partial charge in [-0.3, -0.25) is 9.59 Å². The van der Waals surface area contributed by atoms with E-state index in [0.717, 1.165) is 38.5 Å². The number of carbonyl (C=O) groups excluding carboxylic acids is 2. The fourth-order valence-electron chi connectivity index (χ4n) is 11.2. The van der Waals surface area contributed by atoms with Crippen LogP contribution in [0.1, 0.15) is 399 Å². The maximum atomic E-state index is 12.5. The summed E-state index contributed by atoms with van der Waals surface area (Å²) in [4.78, 5) is 24.6. The molecule has 6 heteroatoms. The summed E-state index contributed by atoms with van der Waals surface area (Å²) >= 11 is 0. The maximum absolute atomic E-state index is 12.5. The van der Waals surface area contributed by atoms with Crippen molar-refractivity contribution in [3.05, 3.63) is 12.2 Å². The van der Waals surface area contributed by atoms with Gasteiger partial charge in [0, 0.05) is 12.8 Å². The fraction of sp³-hybridized carbons (Fsp3) is 0.943. The lowest BCUT2D eigenvalue weighted by atomic mass is 10.0. The van der Waals surface area contributed by atoms with Gasteiger partial charge in [0.2, 0.25) is 5.91 Å². The van der Waals surface area contributed by atoms with Crippen LogP contribution >= 0.6 is 0 Å². The van der Waals surface area contributed by atoms with Crippen LogP contribution in [0, 0.1) is 0 Å². The van der Waals surface area contributed by atoms with Crippen molar-refractivity contribution in [1.29, 1.82) is 0 Å². The number of hydrogen-bond donors (Lipinski definition) is 3. The third kappa shape index (κ3) is 61.8. The zero-order chi connectivity index (χ0) is 55.0. The predicted molar refractivity (Wildman–Crippen MR) is 333 cm³/mol. The van der Waals surface area contributed by atoms with Crippen LogP contribution in [0.4, 0.5) is 0 Å². The lowest BCUT2D eigenvalue weighted by molar-refractivity contribution is -0.143. The van der Waals surface area contributed by atoms with Crippen LogP contribution in [0.15, 0.2) is 12.2 Å². The summed E-state index contributed by atoms with van der Waals surface area (Å²) < 4.78 is 5.48. The Morgan fingerprint density at radius 2 is 0.605 bits per heavy atom. The first-order valence-electron chi connectivity index (χ1n) is 35.0. The number of ether oxygens (including phenoxy) is 1. The lowest BCUT2D eigenvalue weighted by Gasteiger charge is -2.20. The van der Waals surface area contributed by atoms with E-state index in [9.17, 15) is 19.8 Å². The normalized spacial score (nSPS) is 12.5. The summed E-state index contributed by atoms with van der Waals surface area (Å²) in [7, 11) is 0. The summed E-state index contributed by atoms with van der Waals surface area (Å²) in [6, 6.07) is -0.628. The molecule has 0 saturated heterocycles. The number of carbonyl (C=O) groups is 2. The van der Waals surface area contributed by atoms with Gasteiger partial charge in [0.1, 0.15) is 0 Å². The monoisotopic (exact) mass is 1070 g/mol. The van der Waals surface area contributed by atoms with E-state index in [1.54, 1.807) is 6.08 Å². The second-order valence-corrected chi connectivity index (χ2v) is 24.2. The Morgan fingerprint density at radius 3 is 0.895 bits per heavy atom. The summed E-state index contributed by atoms with van der Waals surface area (Å²) in [6.45, 7) is 4.95. The quantitative estimate of drug-likeness (QED) is 0.0320. The molecule has 0 saturated carbocycles. The van der Waals surface area contributed by atoms with E-state index < -0.39 is 12.1 Å². The predicted octanol–water partition coefficient (Wildman–Crippen LogP) is 22.4. The molecule has 0 aromatic carbocycles. The molecule has 1 amide bonds. The number of nitrogens with one attached hydrogen (secondary N) is 1. The number of amides is 1. The zero-order valence-electron chi connectivity index (χ0n) is 51.8. The molecule has 0 aliphatic heterocycles. The molecule has 2 atom stereocenters. The van der Waals surface area contributed by atoms with E-state index >= 15 is 0 Å². The minimum absolute atomic E-state index is 0.0157. The number of rotatable bonds is 66. The summed E-state index contributed by atoms with van der Waals surface area (Å²) in [6.07, 6.45) is 81.4. The number of unbranched alkanes of at least 4 members (excludes halogenated alkanes) is 55. The van der Waals surface area contributed by atoms with Crippen LogP contribution in [0.3, 0.4) is 0 Å². The highest BCUT2D eigenvalue weighted by Crippen LogP contribution is 2.19. The van der Waals surface area contributed by atoms with Crippen LogP contribution in [-0.2, 0) is 14.3 Å². The molecular weight excluding hydrogens is 935 g/mol. The first kappa shape index (κ1) is 74.6. The van der Waals surface area contributed by atoms with Crippen molar-refractivity contribution in [1.82, 2.24) is 5.32 Å². The van der Waals surface area contributed by atoms with E-state index in [4.69, 9.17) is 4.74 Å². The van der Waals surface area contributed by atoms with Gasteiger partial charge < -0.3 is 20.3 Å². The Bertz CT molecular complexity index is 1140. The highest BCUT2D eigenvalue weighted by Gasteiger charge is 2.18. The van der Waals surface area contributed by atoms with Crippen LogP contribution in [0.25, 0.3) is 0 Å². The van der Waals surface area contributed by atoms with E-state index in [2.05, 4.69) is 19.2 Å². The van der Waals surface area contributed by atoms with Crippen molar-refractivity contribution >= 4 is 11.9 Å². The Hall–Kier alpha value is -1.40. The average molecular weight is 1070 g/mol. The smallest absolute Gasteiger partial charge is 0.305 e. The van der Waals surface area contributed by atoms with Gasteiger partial charge in [0.05, 0.1) is 25.4 Å². The largest absolute Gasteiger partial charge is 0.466 e. The van der Waals surface area contributed by atoms with Gasteiger partial charge >= 0.3 is 5.97 Å². The number of aliphatic hydroxyl groups excluding tert-OH is 2. The van der Waals surface area contributed by atoms with Gasteiger partial charge in [0.15, 0.2) is 0 Å². The second kappa shape index (κ2) is 66.1. The van der Waals surface area contributed by atoms with Gasteiger partial charge in [-0.1, -0.05) is 366 Å². The Kier molecular flexibility index (Phi) is 64.9. The molecule has 0 bridgehead atoms. The molecule has 0 rings (SSSR count). The first-order valence-corrected chi connectivity index (χ1v) is 35.0. The van der Waals surface area contributed by atoms with E-state index in [1.165, 1.54) is 334 Å². The van der Waals surface area contributed by atoms with E-state index in [-0.39, 0.29) is 18.5 Å². The molecule has 0 aliphatic carbocycles. The van der Waals surface area contributed by atoms with Gasteiger partial charge in [-0.05, 0) is 32.1 Å². The molecule has 0 aliphatic rings. The topological polar surface area (TPSA) is 95.9 Å². The van der Waals surface area contributed by atoms with Crippen molar-refractivity contribution in [2.75, 3.05) is 13.2 Å². The summed E-state index contributed by atoms with van der Waals surface area (Å²) in [5.41, 5.74) is 0. The molecular formula is C70H137NO5. The Balaban J connectivity index is 3.40. The molecule has 2 unspecified atom stereocenters. The van der Waals surface area contributed by atoms with Gasteiger partial charge in [0.25, 0.3) is 0 Å². The van der Waals surface area contributed by atoms with Crippen molar-refractivity contribution in [2.45, 2.75) is 411 Å². The minimum atomic E-state index is -0.845. The van der Waals surface area contributed by atoms with Crippen molar-refractivity contribution in [2.24, 2.45) is 0 Å². The van der Waals surface area contributed by atoms with E-state index in [0.29, 0.717) is 19.4 Å². The molecule has 452 valence electrons. The zero-order valence-corrected chi connectivity index (χ0v) is 51.8. The van der Waals surface area contributed by atoms with Gasteiger partial charge in [-0.2, -0.15) is 0 Å². The minimum Gasteiger partial charge on any atom is -0.466 e. The third-order valence-corrected chi connectivity index (χ3v) is 16.6. The fourth-order valence-corrected chi connectivity index (χ4v) is 11.2. The Morgan fingerprint density at radius 1 is 0.355 bits per heavy atom. The summed E-state index contributed by atoms with van der Waals surface area (Å²) in [5.74, 6) is -0.0467. The molecule has 0 heterocycles. The van der Waals surface area contributed by atoms with Crippen molar-refractivity contribution < 1.29 is 24.5 Å². The highest BCUT2D eigenvalue weighted by atomic mass is 16.5. The van der Waals surface area contributed by atoms with E-state index in [1.807, 2.05) is 6.08 Å². The lowest BCUT2D eigenvalue weighted by Crippen LogP contribution is -2.45. The van der Waals surface area contributed by atoms with Crippen molar-refractivity contribution in [3.8, 4) is 0 Å². The molecule has 0 aromatic heterocycles. The second-order valence-electron chi connectivity index (χ2n) is 24.2. The van der Waals surface area contributed by atoms with Crippen LogP contribution in [-0.4, -0.2) is 47.4 Å². The molecule has 3 N–H and O–H groups in total. The molecule has 0 aromatic rings. The van der Waals surface area contributed by atoms with Crippen LogP contribution in [0.2, 0.25) is 0 Å². The molecule has 0 spiro atoms. The van der Waals surface area contributed by atoms with Gasteiger partial charge in [-0.15, -0.1) is 0 Å². The first-order chi connectivity index (χ1) is 37.5. The standard InChI is InChI=1S/C70H137NO5/c1-3-5-7-9-11-13-15-17-18-19-20-21-22-24-27-30-33-36-39-42-46-50-54-58-62-68(73)67(66-72)71-69(74)63-59-55-51-47-43-40-37-34-31-28-25-23-26-29-32-35-38-41-45-49-53-57-61-65-76-70(75)64-60-56-52-48-44-16-14-12-10-8-6-4-2/h58,62,67-68,72-73H,3-57,59-61,63-66H2,1-2H3,(H,71,74)/b62-58+. The molecule has 6 nitrogen and oxygen atoms in total. The SMILES string of the molecule is CCCCCCCCCCCCCCCCCCCCCCCC/C=C/C(O)C(CO)NC(=O)CCCCCCCCCCCCCCCCCCCCCCCCCOC(=O)CCCCCCCCCCCCCC. The maximum Gasteiger partial charge on any atom is 0.305 e. The Labute approximate surface area is 476 Å². The number of esters is 1. The third-order valence-electron chi connectivity index (χ3n) is 16.6. The number of hydrogen-bond acceptors (Lipinski definition) is 5.